The number of aliphatic imine (C=N–C) groups is 1. The second kappa shape index (κ2) is 15.2. The van der Waals surface area contributed by atoms with E-state index in [2.05, 4.69) is 46.2 Å². The topological polar surface area (TPSA) is 52.1 Å². The summed E-state index contributed by atoms with van der Waals surface area (Å²) in [6.07, 6.45) is 1.12. The summed E-state index contributed by atoms with van der Waals surface area (Å²) in [7, 11) is 1.81. The first kappa shape index (κ1) is 23.9. The molecule has 0 aromatic carbocycles. The zero-order valence-electron chi connectivity index (χ0n) is 16.0. The summed E-state index contributed by atoms with van der Waals surface area (Å²) in [6, 6.07) is 0. The van der Waals surface area contributed by atoms with Crippen LogP contribution in [0.4, 0.5) is 0 Å². The zero-order chi connectivity index (χ0) is 16.9. The van der Waals surface area contributed by atoms with Gasteiger partial charge in [-0.05, 0) is 18.9 Å². The Kier molecular flexibility index (Phi) is 15.1. The summed E-state index contributed by atoms with van der Waals surface area (Å²) in [5, 5.41) is 6.68. The van der Waals surface area contributed by atoms with Crippen LogP contribution < -0.4 is 10.6 Å². The van der Waals surface area contributed by atoms with Gasteiger partial charge in [0.1, 0.15) is 0 Å². The van der Waals surface area contributed by atoms with E-state index in [1.165, 1.54) is 32.7 Å². The molecule has 1 aliphatic rings. The smallest absolute Gasteiger partial charge is 0.191 e. The quantitative estimate of drug-likeness (QED) is 0.226. The molecule has 1 saturated heterocycles. The lowest BCUT2D eigenvalue weighted by Gasteiger charge is -2.34. The summed E-state index contributed by atoms with van der Waals surface area (Å²) >= 11 is 0. The number of nitrogens with zero attached hydrogens (tertiary/aromatic N) is 3. The second-order valence-electron chi connectivity index (χ2n) is 6.50. The lowest BCUT2D eigenvalue weighted by atomic mass is 10.1. The molecule has 24 heavy (non-hydrogen) atoms. The number of hydrogen-bond acceptors (Lipinski definition) is 4. The van der Waals surface area contributed by atoms with Crippen LogP contribution in [0.5, 0.6) is 0 Å². The Balaban J connectivity index is 0.00000529. The van der Waals surface area contributed by atoms with Crippen LogP contribution in [0.25, 0.3) is 0 Å². The highest BCUT2D eigenvalue weighted by atomic mass is 127. The number of piperazine rings is 1. The molecule has 1 rings (SSSR count). The first-order valence-corrected chi connectivity index (χ1v) is 9.12. The van der Waals surface area contributed by atoms with Crippen LogP contribution in [0.1, 0.15) is 27.2 Å². The fourth-order valence-corrected chi connectivity index (χ4v) is 2.54. The Bertz CT molecular complexity index is 320. The SMILES string of the molecule is CCN1CCN(CCNC(=NC)NCCOCCC(C)C)CC1.I. The zero-order valence-corrected chi connectivity index (χ0v) is 18.3. The maximum Gasteiger partial charge on any atom is 0.191 e. The third-order valence-electron chi connectivity index (χ3n) is 4.23. The molecule has 0 aliphatic carbocycles. The highest BCUT2D eigenvalue weighted by Crippen LogP contribution is 2.00. The minimum atomic E-state index is 0. The van der Waals surface area contributed by atoms with Crippen molar-refractivity contribution in [2.24, 2.45) is 10.9 Å². The normalized spacial score (nSPS) is 17.0. The van der Waals surface area contributed by atoms with Crippen molar-refractivity contribution in [2.45, 2.75) is 27.2 Å². The van der Waals surface area contributed by atoms with Crippen LogP contribution in [0.2, 0.25) is 0 Å². The summed E-state index contributed by atoms with van der Waals surface area (Å²) in [6.45, 7) is 16.9. The Morgan fingerprint density at radius 1 is 1.04 bits per heavy atom. The predicted molar refractivity (Wildman–Crippen MR) is 114 cm³/mol. The molecule has 2 N–H and O–H groups in total. The summed E-state index contributed by atoms with van der Waals surface area (Å²) in [5.41, 5.74) is 0. The van der Waals surface area contributed by atoms with Crippen LogP contribution >= 0.6 is 24.0 Å². The average Bonchev–Trinajstić information content (AvgIpc) is 2.56. The molecule has 0 aromatic heterocycles. The number of nitrogens with one attached hydrogen (secondary N) is 2. The number of likely N-dealkylation sites (N-methyl/N-ethyl adjacent to an activating group) is 1. The van der Waals surface area contributed by atoms with Crippen LogP contribution in [0.15, 0.2) is 4.99 Å². The molecule has 1 fully saturated rings. The molecule has 0 saturated carbocycles. The van der Waals surface area contributed by atoms with Crippen molar-refractivity contribution in [3.63, 3.8) is 0 Å². The van der Waals surface area contributed by atoms with Gasteiger partial charge in [0, 0.05) is 59.5 Å². The maximum atomic E-state index is 5.60. The van der Waals surface area contributed by atoms with Crippen molar-refractivity contribution in [3.8, 4) is 0 Å². The number of halogens is 1. The van der Waals surface area contributed by atoms with Crippen molar-refractivity contribution in [1.29, 1.82) is 0 Å². The molecule has 7 heteroatoms. The average molecular weight is 455 g/mol. The van der Waals surface area contributed by atoms with Gasteiger partial charge < -0.3 is 20.3 Å². The van der Waals surface area contributed by atoms with Gasteiger partial charge in [-0.15, -0.1) is 24.0 Å². The van der Waals surface area contributed by atoms with Gasteiger partial charge in [0.25, 0.3) is 0 Å². The molecule has 6 nitrogen and oxygen atoms in total. The van der Waals surface area contributed by atoms with E-state index in [4.69, 9.17) is 4.74 Å². The maximum absolute atomic E-state index is 5.60. The van der Waals surface area contributed by atoms with Gasteiger partial charge in [-0.3, -0.25) is 9.89 Å². The fraction of sp³-hybridized carbons (Fsp3) is 0.941. The molecule has 0 bridgehead atoms. The molecule has 0 spiro atoms. The van der Waals surface area contributed by atoms with Crippen molar-refractivity contribution >= 4 is 29.9 Å². The Labute approximate surface area is 165 Å². The van der Waals surface area contributed by atoms with Crippen LogP contribution in [0.3, 0.4) is 0 Å². The van der Waals surface area contributed by atoms with Gasteiger partial charge in [-0.25, -0.2) is 0 Å². The van der Waals surface area contributed by atoms with Gasteiger partial charge in [0.15, 0.2) is 5.96 Å². The molecule has 0 amide bonds. The van der Waals surface area contributed by atoms with E-state index in [1.54, 1.807) is 0 Å². The van der Waals surface area contributed by atoms with Crippen molar-refractivity contribution in [2.75, 3.05) is 72.6 Å². The van der Waals surface area contributed by atoms with Crippen molar-refractivity contribution < 1.29 is 4.74 Å². The Morgan fingerprint density at radius 3 is 2.25 bits per heavy atom. The van der Waals surface area contributed by atoms with Crippen molar-refractivity contribution in [3.05, 3.63) is 0 Å². The van der Waals surface area contributed by atoms with E-state index in [0.29, 0.717) is 5.92 Å². The molecule has 144 valence electrons. The summed E-state index contributed by atoms with van der Waals surface area (Å²) in [5.74, 6) is 1.57. The van der Waals surface area contributed by atoms with E-state index in [9.17, 15) is 0 Å². The summed E-state index contributed by atoms with van der Waals surface area (Å²) in [4.78, 5) is 9.27. The van der Waals surface area contributed by atoms with Crippen LogP contribution in [-0.4, -0.2) is 88.4 Å². The number of hydrogen-bond donors (Lipinski definition) is 2. The molecule has 0 radical (unpaired) electrons. The van der Waals surface area contributed by atoms with E-state index in [0.717, 1.165) is 45.2 Å². The largest absolute Gasteiger partial charge is 0.380 e. The van der Waals surface area contributed by atoms with E-state index in [-0.39, 0.29) is 24.0 Å². The molecule has 0 atom stereocenters. The van der Waals surface area contributed by atoms with E-state index >= 15 is 0 Å². The number of ether oxygens (including phenoxy) is 1. The molecular weight excluding hydrogens is 417 g/mol. The van der Waals surface area contributed by atoms with Crippen molar-refractivity contribution in [1.82, 2.24) is 20.4 Å². The van der Waals surface area contributed by atoms with E-state index in [1.807, 2.05) is 7.05 Å². The molecule has 1 aliphatic heterocycles. The molecular formula is C17H38IN5O. The summed E-state index contributed by atoms with van der Waals surface area (Å²) < 4.78 is 5.60. The first-order chi connectivity index (χ1) is 11.2. The Hall–Kier alpha value is -0.120. The van der Waals surface area contributed by atoms with Gasteiger partial charge in [-0.1, -0.05) is 20.8 Å². The van der Waals surface area contributed by atoms with Crippen LogP contribution in [0, 0.1) is 5.92 Å². The minimum absolute atomic E-state index is 0. The standard InChI is InChI=1S/C17H37N5O.HI/c1-5-21-10-12-22(13-11-21)9-7-19-17(18-4)20-8-15-23-14-6-16(2)3;/h16H,5-15H2,1-4H3,(H2,18,19,20);1H. The monoisotopic (exact) mass is 455 g/mol. The van der Waals surface area contributed by atoms with E-state index < -0.39 is 0 Å². The predicted octanol–water partition coefficient (Wildman–Crippen LogP) is 1.47. The minimum Gasteiger partial charge on any atom is -0.380 e. The first-order valence-electron chi connectivity index (χ1n) is 9.12. The highest BCUT2D eigenvalue weighted by molar-refractivity contribution is 14.0. The highest BCUT2D eigenvalue weighted by Gasteiger charge is 2.14. The lowest BCUT2D eigenvalue weighted by Crippen LogP contribution is -2.49. The van der Waals surface area contributed by atoms with Gasteiger partial charge >= 0.3 is 0 Å². The molecule has 0 aromatic rings. The second-order valence-corrected chi connectivity index (χ2v) is 6.50. The van der Waals surface area contributed by atoms with Crippen LogP contribution in [-0.2, 0) is 4.74 Å². The lowest BCUT2D eigenvalue weighted by molar-refractivity contribution is 0.128. The number of rotatable bonds is 10. The molecule has 1 heterocycles. The number of guanidine groups is 1. The fourth-order valence-electron chi connectivity index (χ4n) is 2.54. The van der Waals surface area contributed by atoms with Gasteiger partial charge in [0.2, 0.25) is 0 Å². The van der Waals surface area contributed by atoms with Gasteiger partial charge in [0.05, 0.1) is 6.61 Å². The third kappa shape index (κ3) is 11.4. The molecule has 0 unspecified atom stereocenters. The third-order valence-corrected chi connectivity index (χ3v) is 4.23. The van der Waals surface area contributed by atoms with Gasteiger partial charge in [-0.2, -0.15) is 0 Å². The Morgan fingerprint density at radius 2 is 1.67 bits per heavy atom.